The van der Waals surface area contributed by atoms with Gasteiger partial charge in [-0.2, -0.15) is 0 Å². The second-order valence-corrected chi connectivity index (χ2v) is 10.0. The molecule has 6 N–H and O–H groups in total. The van der Waals surface area contributed by atoms with E-state index in [0.717, 1.165) is 11.1 Å². The topological polar surface area (TPSA) is 179 Å². The third-order valence-electron chi connectivity index (χ3n) is 6.77. The Morgan fingerprint density at radius 3 is 1.41 bits per heavy atom. The van der Waals surface area contributed by atoms with Gasteiger partial charge in [0, 0.05) is 0 Å². The van der Waals surface area contributed by atoms with E-state index in [0.29, 0.717) is 35.5 Å². The molecular weight excluding hydrogens is 528 g/mol. The van der Waals surface area contributed by atoms with Gasteiger partial charge in [0.15, 0.2) is 11.6 Å². The monoisotopic (exact) mass is 566 g/mol. The highest BCUT2D eigenvalue weighted by molar-refractivity contribution is 6.10. The molecule has 10 heteroatoms. The summed E-state index contributed by atoms with van der Waals surface area (Å²) in [5, 5.41) is 18.2. The number of carbonyl (C=O) groups is 4. The van der Waals surface area contributed by atoms with E-state index in [9.17, 15) is 19.2 Å². The van der Waals surface area contributed by atoms with E-state index in [1.54, 1.807) is 62.4 Å². The second-order valence-electron chi connectivity index (χ2n) is 10.0. The van der Waals surface area contributed by atoms with E-state index < -0.39 is 24.0 Å². The zero-order valence-corrected chi connectivity index (χ0v) is 23.7. The lowest BCUT2D eigenvalue weighted by Gasteiger charge is -2.17. The largest absolute Gasteiger partial charge is 0.496 e. The smallest absolute Gasteiger partial charge is 0.320 e. The highest BCUT2D eigenvalue weighted by atomic mass is 16.5. The van der Waals surface area contributed by atoms with Crippen LogP contribution < -0.4 is 20.9 Å². The molecule has 0 radical (unpaired) electrons. The normalized spacial score (nSPS) is 14.4. The molecule has 2 aromatic carbocycles. The number of carboxylic acid groups (broad SMARTS) is 2. The Labute approximate surface area is 239 Å². The van der Waals surface area contributed by atoms with Gasteiger partial charge in [-0.05, 0) is 71.2 Å². The fourth-order valence-corrected chi connectivity index (χ4v) is 4.17. The number of benzene rings is 2. The number of hydrogen-bond acceptors (Lipinski definition) is 8. The summed E-state index contributed by atoms with van der Waals surface area (Å²) in [6.45, 7) is 3.51. The first-order valence-corrected chi connectivity index (χ1v) is 13.1. The van der Waals surface area contributed by atoms with Gasteiger partial charge >= 0.3 is 11.9 Å². The third-order valence-corrected chi connectivity index (χ3v) is 6.77. The summed E-state index contributed by atoms with van der Waals surface area (Å²) in [5.74, 6) is -2.42. The van der Waals surface area contributed by atoms with Crippen LogP contribution in [0.2, 0.25) is 0 Å². The van der Waals surface area contributed by atoms with Crippen molar-refractivity contribution in [1.82, 2.24) is 0 Å². The molecule has 10 nitrogen and oxygen atoms in total. The van der Waals surface area contributed by atoms with Gasteiger partial charge in [0.2, 0.25) is 0 Å². The summed E-state index contributed by atoms with van der Waals surface area (Å²) in [5.41, 5.74) is 14.4. The number of carboxylic acids is 2. The van der Waals surface area contributed by atoms with Crippen molar-refractivity contribution in [2.24, 2.45) is 23.3 Å². The molecule has 2 rings (SSSR count). The number of allylic oxidation sites excluding steroid dienone is 2. The van der Waals surface area contributed by atoms with Crippen LogP contribution in [0.3, 0.4) is 0 Å². The molecule has 0 bridgehead atoms. The number of aliphatic carboxylic acids is 2. The fraction of sp³-hybridized carbons (Fsp3) is 0.355. The molecule has 0 aliphatic rings. The molecule has 0 fully saturated rings. The molecule has 4 unspecified atom stereocenters. The molecule has 0 amide bonds. The van der Waals surface area contributed by atoms with Gasteiger partial charge in [-0.3, -0.25) is 19.2 Å². The summed E-state index contributed by atoms with van der Waals surface area (Å²) in [7, 11) is 3.01. The van der Waals surface area contributed by atoms with Crippen LogP contribution in [0.15, 0.2) is 48.6 Å². The molecule has 0 heterocycles. The lowest BCUT2D eigenvalue weighted by molar-refractivity contribution is -0.140. The number of ketones is 2. The van der Waals surface area contributed by atoms with Crippen molar-refractivity contribution in [1.29, 1.82) is 0 Å². The zero-order valence-electron chi connectivity index (χ0n) is 23.7. The molecule has 220 valence electrons. The maximum absolute atomic E-state index is 12.4. The summed E-state index contributed by atoms with van der Waals surface area (Å²) < 4.78 is 10.9. The van der Waals surface area contributed by atoms with Crippen molar-refractivity contribution in [3.63, 3.8) is 0 Å². The molecule has 2 aromatic rings. The minimum atomic E-state index is -1.07. The minimum absolute atomic E-state index is 0.311. The Morgan fingerprint density at radius 2 is 1.10 bits per heavy atom. The molecule has 4 atom stereocenters. The van der Waals surface area contributed by atoms with Crippen LogP contribution in [0, 0.1) is 11.8 Å². The van der Waals surface area contributed by atoms with Crippen LogP contribution in [-0.4, -0.2) is 60.0 Å². The van der Waals surface area contributed by atoms with Gasteiger partial charge in [-0.25, -0.2) is 0 Å². The number of carbonyl (C=O) groups excluding carboxylic acids is 2. The van der Waals surface area contributed by atoms with E-state index >= 15 is 0 Å². The zero-order chi connectivity index (χ0) is 30.7. The van der Waals surface area contributed by atoms with Crippen molar-refractivity contribution >= 4 is 35.7 Å². The maximum atomic E-state index is 12.4. The molecule has 0 aliphatic heterocycles. The van der Waals surface area contributed by atoms with E-state index in [1.165, 1.54) is 26.4 Å². The Balaban J connectivity index is 2.00. The summed E-state index contributed by atoms with van der Waals surface area (Å²) in [4.78, 5) is 47.0. The van der Waals surface area contributed by atoms with Gasteiger partial charge in [0.1, 0.15) is 23.6 Å². The predicted molar refractivity (Wildman–Crippen MR) is 156 cm³/mol. The number of methoxy groups -OCH3 is 2. The van der Waals surface area contributed by atoms with Crippen LogP contribution in [0.25, 0.3) is 12.2 Å². The first-order chi connectivity index (χ1) is 19.4. The van der Waals surface area contributed by atoms with Crippen molar-refractivity contribution in [3.05, 3.63) is 70.8 Å². The first kappa shape index (κ1) is 32.9. The average molecular weight is 567 g/mol. The number of hydrogen-bond donors (Lipinski definition) is 4. The second kappa shape index (κ2) is 15.5. The highest BCUT2D eigenvalue weighted by Crippen LogP contribution is 2.26. The van der Waals surface area contributed by atoms with Crippen LogP contribution in [-0.2, 0) is 32.0 Å². The van der Waals surface area contributed by atoms with Crippen LogP contribution in [0.4, 0.5) is 0 Å². The molecule has 0 aliphatic carbocycles. The average Bonchev–Trinajstić information content (AvgIpc) is 2.94. The van der Waals surface area contributed by atoms with Gasteiger partial charge in [0.25, 0.3) is 0 Å². The Kier molecular flexibility index (Phi) is 12.4. The van der Waals surface area contributed by atoms with Gasteiger partial charge in [-0.15, -0.1) is 0 Å². The van der Waals surface area contributed by atoms with E-state index in [4.69, 9.17) is 31.2 Å². The van der Waals surface area contributed by atoms with E-state index in [2.05, 4.69) is 0 Å². The molecular formula is C31H38N2O8. The van der Waals surface area contributed by atoms with Crippen molar-refractivity contribution in [2.45, 2.75) is 45.2 Å². The molecule has 0 saturated heterocycles. The first-order valence-electron chi connectivity index (χ1n) is 13.1. The summed E-state index contributed by atoms with van der Waals surface area (Å²) >= 11 is 0. The maximum Gasteiger partial charge on any atom is 0.320 e. The summed E-state index contributed by atoms with van der Waals surface area (Å²) in [6, 6.07) is 8.60. The van der Waals surface area contributed by atoms with Gasteiger partial charge < -0.3 is 31.2 Å². The van der Waals surface area contributed by atoms with Crippen LogP contribution >= 0.6 is 0 Å². The molecule has 0 aromatic heterocycles. The van der Waals surface area contributed by atoms with Crippen LogP contribution in [0.1, 0.15) is 42.5 Å². The van der Waals surface area contributed by atoms with Gasteiger partial charge in [-0.1, -0.05) is 50.3 Å². The molecule has 0 saturated carbocycles. The number of rotatable bonds is 16. The van der Waals surface area contributed by atoms with Crippen LogP contribution in [0.5, 0.6) is 11.5 Å². The minimum Gasteiger partial charge on any atom is -0.496 e. The van der Waals surface area contributed by atoms with Crippen molar-refractivity contribution in [3.8, 4) is 11.5 Å². The molecule has 41 heavy (non-hydrogen) atoms. The third kappa shape index (κ3) is 10.0. The van der Waals surface area contributed by atoms with E-state index in [-0.39, 0.29) is 29.8 Å². The number of ether oxygens (including phenoxy) is 2. The SMILES string of the molecule is COc1cc(C=CC(=O)CC(=O)C=Cc2ccc(CC(C)C(N)C(=O)O)c(OC)c2)ccc1CC(C)C(N)C(=O)O. The van der Waals surface area contributed by atoms with Crippen molar-refractivity contribution < 1.29 is 38.9 Å². The predicted octanol–water partition coefficient (Wildman–Crippen LogP) is 3.14. The number of nitrogens with two attached hydrogens (primary N) is 2. The highest BCUT2D eigenvalue weighted by Gasteiger charge is 2.22. The fourth-order valence-electron chi connectivity index (χ4n) is 4.17. The standard InChI is InChI=1S/C31H38N2O8/c1-18(28(32)30(36)37)13-22-9-5-20(15-26(22)40-3)7-11-24(34)17-25(35)12-8-21-6-10-23(27(16-21)41-4)14-19(2)29(33)31(38)39/h5-12,15-16,18-19,28-29H,13-14,17,32-33H2,1-4H3,(H,36,37)(H,38,39). The molecule has 0 spiro atoms. The Hall–Kier alpha value is -4.28. The van der Waals surface area contributed by atoms with Gasteiger partial charge in [0.05, 0.1) is 20.6 Å². The van der Waals surface area contributed by atoms with Crippen molar-refractivity contribution in [2.75, 3.05) is 14.2 Å². The lowest BCUT2D eigenvalue weighted by Crippen LogP contribution is -2.37. The summed E-state index contributed by atoms with van der Waals surface area (Å²) in [6.07, 6.45) is 6.32. The lowest BCUT2D eigenvalue weighted by atomic mass is 9.93. The Bertz CT molecular complexity index is 1220. The van der Waals surface area contributed by atoms with E-state index in [1.807, 2.05) is 0 Å². The quantitative estimate of drug-likeness (QED) is 0.174. The Morgan fingerprint density at radius 1 is 0.732 bits per heavy atom.